The van der Waals surface area contributed by atoms with Crippen LogP contribution in [0.25, 0.3) is 0 Å². The van der Waals surface area contributed by atoms with Crippen LogP contribution in [0, 0.1) is 11.7 Å². The predicted molar refractivity (Wildman–Crippen MR) is 81.3 cm³/mol. The van der Waals surface area contributed by atoms with E-state index >= 15 is 0 Å². The second kappa shape index (κ2) is 7.07. The van der Waals surface area contributed by atoms with Gasteiger partial charge < -0.3 is 20.0 Å². The molecule has 0 aromatic heterocycles. The minimum absolute atomic E-state index is 0.00840. The van der Waals surface area contributed by atoms with Gasteiger partial charge in [-0.25, -0.2) is 4.39 Å². The van der Waals surface area contributed by atoms with Crippen molar-refractivity contribution in [1.82, 2.24) is 9.80 Å². The van der Waals surface area contributed by atoms with Gasteiger partial charge in [0.2, 0.25) is 0 Å². The first-order valence-electron chi connectivity index (χ1n) is 7.47. The van der Waals surface area contributed by atoms with Crippen molar-refractivity contribution in [3.8, 4) is 5.75 Å². The lowest BCUT2D eigenvalue weighted by Crippen LogP contribution is -2.43. The van der Waals surface area contributed by atoms with Crippen LogP contribution >= 0.6 is 0 Å². The molecular formula is C16H23FN2O3. The number of nitrogens with zero attached hydrogens (tertiary/aromatic N) is 2. The van der Waals surface area contributed by atoms with Gasteiger partial charge in [-0.1, -0.05) is 0 Å². The topological polar surface area (TPSA) is 64.0 Å². The van der Waals surface area contributed by atoms with Crippen LogP contribution in [-0.4, -0.2) is 65.8 Å². The number of rotatable bonds is 3. The molecule has 1 aliphatic rings. The van der Waals surface area contributed by atoms with E-state index in [1.807, 2.05) is 19.0 Å². The number of phenolic OH excluding ortho intramolecular Hbond substituents is 1. The van der Waals surface area contributed by atoms with Crippen molar-refractivity contribution in [2.24, 2.45) is 5.92 Å². The van der Waals surface area contributed by atoms with Gasteiger partial charge in [-0.2, -0.15) is 0 Å². The SMILES string of the molecule is CN(C)[C@@H]1CC[C@H](CO)CN(C(=O)c2ccc(O)cc2F)C1. The Kier molecular flexibility index (Phi) is 5.37. The zero-order chi connectivity index (χ0) is 16.3. The molecule has 5 nitrogen and oxygen atoms in total. The molecule has 22 heavy (non-hydrogen) atoms. The molecule has 1 saturated heterocycles. The number of aromatic hydroxyl groups is 1. The summed E-state index contributed by atoms with van der Waals surface area (Å²) in [5.74, 6) is -1.32. The molecule has 2 atom stereocenters. The number of likely N-dealkylation sites (tertiary alicyclic amines) is 1. The molecule has 122 valence electrons. The predicted octanol–water partition coefficient (Wildman–Crippen LogP) is 1.31. The average molecular weight is 310 g/mol. The molecule has 1 aromatic carbocycles. The summed E-state index contributed by atoms with van der Waals surface area (Å²) in [5, 5.41) is 18.7. The Morgan fingerprint density at radius 2 is 2.09 bits per heavy atom. The first-order valence-corrected chi connectivity index (χ1v) is 7.47. The van der Waals surface area contributed by atoms with Crippen LogP contribution in [0.3, 0.4) is 0 Å². The summed E-state index contributed by atoms with van der Waals surface area (Å²) < 4.78 is 13.9. The molecule has 0 aliphatic carbocycles. The first kappa shape index (κ1) is 16.7. The minimum atomic E-state index is -0.726. The van der Waals surface area contributed by atoms with Crippen LogP contribution < -0.4 is 0 Å². The highest BCUT2D eigenvalue weighted by Gasteiger charge is 2.29. The molecule has 0 unspecified atom stereocenters. The number of likely N-dealkylation sites (N-methyl/N-ethyl adjacent to an activating group) is 1. The molecule has 0 saturated carbocycles. The molecule has 1 aliphatic heterocycles. The van der Waals surface area contributed by atoms with E-state index in [1.165, 1.54) is 12.1 Å². The minimum Gasteiger partial charge on any atom is -0.508 e. The number of hydrogen-bond acceptors (Lipinski definition) is 4. The molecule has 2 N–H and O–H groups in total. The summed E-state index contributed by atoms with van der Waals surface area (Å²) >= 11 is 0. The van der Waals surface area contributed by atoms with Gasteiger partial charge in [0, 0.05) is 31.8 Å². The van der Waals surface area contributed by atoms with Gasteiger partial charge >= 0.3 is 0 Å². The summed E-state index contributed by atoms with van der Waals surface area (Å²) in [4.78, 5) is 16.3. The summed E-state index contributed by atoms with van der Waals surface area (Å²) in [5.41, 5.74) is -0.0473. The molecular weight excluding hydrogens is 287 g/mol. The molecule has 0 spiro atoms. The molecule has 1 fully saturated rings. The van der Waals surface area contributed by atoms with Gasteiger partial charge in [0.05, 0.1) is 5.56 Å². The van der Waals surface area contributed by atoms with Crippen molar-refractivity contribution in [3.05, 3.63) is 29.6 Å². The van der Waals surface area contributed by atoms with E-state index in [1.54, 1.807) is 4.90 Å². The van der Waals surface area contributed by atoms with Crippen molar-refractivity contribution < 1.29 is 19.4 Å². The first-order chi connectivity index (χ1) is 10.4. The third kappa shape index (κ3) is 3.75. The van der Waals surface area contributed by atoms with E-state index in [-0.39, 0.29) is 29.9 Å². The maximum atomic E-state index is 13.9. The van der Waals surface area contributed by atoms with Gasteiger partial charge in [-0.05, 0) is 45.0 Å². The lowest BCUT2D eigenvalue weighted by molar-refractivity contribution is 0.0684. The van der Waals surface area contributed by atoms with E-state index in [4.69, 9.17) is 0 Å². The van der Waals surface area contributed by atoms with Crippen molar-refractivity contribution >= 4 is 5.91 Å². The number of amides is 1. The van der Waals surface area contributed by atoms with Crippen molar-refractivity contribution in [1.29, 1.82) is 0 Å². The van der Waals surface area contributed by atoms with E-state index in [0.717, 1.165) is 18.9 Å². The average Bonchev–Trinajstić information content (AvgIpc) is 2.69. The summed E-state index contributed by atoms with van der Waals surface area (Å²) in [7, 11) is 3.90. The molecule has 2 rings (SSSR count). The van der Waals surface area contributed by atoms with Crippen molar-refractivity contribution in [2.45, 2.75) is 18.9 Å². The Hall–Kier alpha value is -1.66. The van der Waals surface area contributed by atoms with E-state index in [9.17, 15) is 19.4 Å². The number of carbonyl (C=O) groups excluding carboxylic acids is 1. The molecule has 0 bridgehead atoms. The number of hydrogen-bond donors (Lipinski definition) is 2. The lowest BCUT2D eigenvalue weighted by Gasteiger charge is -2.29. The standard InChI is InChI=1S/C16H23FN2O3/c1-18(2)12-4-3-11(10-20)8-19(9-12)16(22)14-6-5-13(21)7-15(14)17/h5-7,11-12,20-21H,3-4,8-10H2,1-2H3/t11-,12+/m0/s1. The summed E-state index contributed by atoms with van der Waals surface area (Å²) in [6.45, 7) is 0.935. The van der Waals surface area contributed by atoms with Crippen LogP contribution in [0.1, 0.15) is 23.2 Å². The van der Waals surface area contributed by atoms with Crippen LogP contribution in [0.5, 0.6) is 5.75 Å². The highest BCUT2D eigenvalue weighted by atomic mass is 19.1. The summed E-state index contributed by atoms with van der Waals surface area (Å²) in [6.07, 6.45) is 1.72. The van der Waals surface area contributed by atoms with Gasteiger partial charge in [-0.15, -0.1) is 0 Å². The largest absolute Gasteiger partial charge is 0.508 e. The Morgan fingerprint density at radius 1 is 1.36 bits per heavy atom. The monoisotopic (exact) mass is 310 g/mol. The second-order valence-electron chi connectivity index (χ2n) is 6.12. The molecule has 6 heteroatoms. The van der Waals surface area contributed by atoms with E-state index in [2.05, 4.69) is 0 Å². The third-order valence-electron chi connectivity index (χ3n) is 4.28. The number of halogens is 1. The smallest absolute Gasteiger partial charge is 0.256 e. The normalized spacial score (nSPS) is 22.7. The van der Waals surface area contributed by atoms with Crippen LogP contribution in [0.2, 0.25) is 0 Å². The van der Waals surface area contributed by atoms with Crippen molar-refractivity contribution in [2.75, 3.05) is 33.8 Å². The van der Waals surface area contributed by atoms with Crippen molar-refractivity contribution in [3.63, 3.8) is 0 Å². The number of aliphatic hydroxyl groups excluding tert-OH is 1. The maximum absolute atomic E-state index is 13.9. The fourth-order valence-electron chi connectivity index (χ4n) is 2.84. The molecule has 1 amide bonds. The highest BCUT2D eigenvalue weighted by Crippen LogP contribution is 2.22. The zero-order valence-corrected chi connectivity index (χ0v) is 13.0. The maximum Gasteiger partial charge on any atom is 0.256 e. The van der Waals surface area contributed by atoms with Crippen LogP contribution in [0.4, 0.5) is 4.39 Å². The van der Waals surface area contributed by atoms with E-state index < -0.39 is 11.7 Å². The van der Waals surface area contributed by atoms with Gasteiger partial charge in [0.25, 0.3) is 5.91 Å². The quantitative estimate of drug-likeness (QED) is 0.883. The third-order valence-corrected chi connectivity index (χ3v) is 4.28. The number of benzene rings is 1. The Bertz CT molecular complexity index is 536. The number of aliphatic hydroxyl groups is 1. The van der Waals surface area contributed by atoms with Gasteiger partial charge in [0.15, 0.2) is 0 Å². The molecule has 1 heterocycles. The van der Waals surface area contributed by atoms with Gasteiger partial charge in [-0.3, -0.25) is 4.79 Å². The fourth-order valence-corrected chi connectivity index (χ4v) is 2.84. The van der Waals surface area contributed by atoms with E-state index in [0.29, 0.717) is 13.1 Å². The van der Waals surface area contributed by atoms with Crippen LogP contribution in [-0.2, 0) is 0 Å². The van der Waals surface area contributed by atoms with Gasteiger partial charge in [0.1, 0.15) is 11.6 Å². The molecule has 1 aromatic rings. The zero-order valence-electron chi connectivity index (χ0n) is 13.0. The number of carbonyl (C=O) groups is 1. The Morgan fingerprint density at radius 3 is 2.68 bits per heavy atom. The highest BCUT2D eigenvalue weighted by molar-refractivity contribution is 5.94. The molecule has 0 radical (unpaired) electrons. The lowest BCUT2D eigenvalue weighted by atomic mass is 10.0. The Labute approximate surface area is 130 Å². The fraction of sp³-hybridized carbons (Fsp3) is 0.562. The second-order valence-corrected chi connectivity index (χ2v) is 6.12. The van der Waals surface area contributed by atoms with Crippen LogP contribution in [0.15, 0.2) is 18.2 Å². The Balaban J connectivity index is 2.24. The number of phenols is 1. The summed E-state index contributed by atoms with van der Waals surface area (Å²) in [6, 6.07) is 3.73.